The van der Waals surface area contributed by atoms with Gasteiger partial charge in [0.25, 0.3) is 0 Å². The minimum absolute atomic E-state index is 0.432. The first-order valence-corrected chi connectivity index (χ1v) is 8.60. The molecule has 0 fully saturated rings. The van der Waals surface area contributed by atoms with E-state index in [0.717, 1.165) is 10.0 Å². The van der Waals surface area contributed by atoms with Crippen molar-refractivity contribution in [3.8, 4) is 5.75 Å². The fourth-order valence-electron chi connectivity index (χ4n) is 1.82. The molecule has 6 heteroatoms. The van der Waals surface area contributed by atoms with Gasteiger partial charge in [0.2, 0.25) is 0 Å². The number of halogens is 1. The fraction of sp³-hybridized carbons (Fsp3) is 0.200. The first-order valence-electron chi connectivity index (χ1n) is 6.27. The standard InChI is InChI=1S/C15H16BrO4P/c1-18-21(17,19-2)15-9-13(16)8-14(10-15)20-11-12-6-4-3-5-7-12/h3-10H,11H2,1-2H3. The number of hydrogen-bond donors (Lipinski definition) is 0. The maximum absolute atomic E-state index is 12.4. The van der Waals surface area contributed by atoms with Crippen LogP contribution in [0.4, 0.5) is 0 Å². The highest BCUT2D eigenvalue weighted by atomic mass is 79.9. The summed E-state index contributed by atoms with van der Waals surface area (Å²) in [7, 11) is -0.579. The van der Waals surface area contributed by atoms with Crippen LogP contribution in [-0.4, -0.2) is 14.2 Å². The minimum Gasteiger partial charge on any atom is -0.489 e. The average molecular weight is 371 g/mol. The van der Waals surface area contributed by atoms with Crippen molar-refractivity contribution in [3.63, 3.8) is 0 Å². The predicted molar refractivity (Wildman–Crippen MR) is 86.2 cm³/mol. The molecule has 0 spiro atoms. The van der Waals surface area contributed by atoms with Crippen LogP contribution in [0.3, 0.4) is 0 Å². The molecule has 0 amide bonds. The number of ether oxygens (including phenoxy) is 1. The summed E-state index contributed by atoms with van der Waals surface area (Å²) >= 11 is 3.38. The van der Waals surface area contributed by atoms with Gasteiger partial charge in [0, 0.05) is 18.7 Å². The second-order valence-electron chi connectivity index (χ2n) is 4.28. The molecule has 0 saturated carbocycles. The van der Waals surface area contributed by atoms with E-state index in [9.17, 15) is 4.57 Å². The van der Waals surface area contributed by atoms with Gasteiger partial charge in [-0.1, -0.05) is 46.3 Å². The van der Waals surface area contributed by atoms with Crippen LogP contribution in [0.5, 0.6) is 5.75 Å². The monoisotopic (exact) mass is 370 g/mol. The lowest BCUT2D eigenvalue weighted by Gasteiger charge is -2.15. The molecule has 0 bridgehead atoms. The molecular formula is C15H16BrO4P. The van der Waals surface area contributed by atoms with Gasteiger partial charge < -0.3 is 13.8 Å². The lowest BCUT2D eigenvalue weighted by Crippen LogP contribution is -2.09. The van der Waals surface area contributed by atoms with Gasteiger partial charge in [0.05, 0.1) is 5.30 Å². The summed E-state index contributed by atoms with van der Waals surface area (Å²) in [5.74, 6) is 0.595. The summed E-state index contributed by atoms with van der Waals surface area (Å²) in [6, 6.07) is 15.0. The Bertz CT molecular complexity index is 637. The van der Waals surface area contributed by atoms with Crippen LogP contribution >= 0.6 is 23.5 Å². The van der Waals surface area contributed by atoms with E-state index < -0.39 is 7.60 Å². The maximum atomic E-state index is 12.4. The van der Waals surface area contributed by atoms with Gasteiger partial charge in [-0.25, -0.2) is 0 Å². The Kier molecular flexibility index (Phi) is 5.59. The zero-order valence-corrected chi connectivity index (χ0v) is 14.3. The van der Waals surface area contributed by atoms with Crippen LogP contribution in [-0.2, 0) is 20.2 Å². The summed E-state index contributed by atoms with van der Waals surface area (Å²) in [5, 5.41) is 0.449. The van der Waals surface area contributed by atoms with Crippen molar-refractivity contribution >= 4 is 28.8 Å². The van der Waals surface area contributed by atoms with E-state index in [-0.39, 0.29) is 0 Å². The van der Waals surface area contributed by atoms with Gasteiger partial charge in [-0.3, -0.25) is 4.57 Å². The van der Waals surface area contributed by atoms with Gasteiger partial charge in [0.15, 0.2) is 0 Å². The molecule has 0 saturated heterocycles. The molecule has 0 heterocycles. The van der Waals surface area contributed by atoms with Crippen molar-refractivity contribution in [1.82, 2.24) is 0 Å². The Morgan fingerprint density at radius 1 is 1.05 bits per heavy atom. The SMILES string of the molecule is COP(=O)(OC)c1cc(Br)cc(OCc2ccccc2)c1. The normalized spacial score (nSPS) is 11.4. The smallest absolute Gasteiger partial charge is 0.360 e. The molecule has 0 unspecified atom stereocenters. The van der Waals surface area contributed by atoms with Gasteiger partial charge in [-0.05, 0) is 23.8 Å². The molecule has 21 heavy (non-hydrogen) atoms. The lowest BCUT2D eigenvalue weighted by molar-refractivity contribution is 0.286. The molecule has 0 aliphatic rings. The summed E-state index contributed by atoms with van der Waals surface area (Å²) in [4.78, 5) is 0. The number of rotatable bonds is 6. The van der Waals surface area contributed by atoms with Gasteiger partial charge in [-0.15, -0.1) is 0 Å². The second-order valence-corrected chi connectivity index (χ2v) is 7.44. The Balaban J connectivity index is 2.21. The van der Waals surface area contributed by atoms with Gasteiger partial charge in [-0.2, -0.15) is 0 Å². The summed E-state index contributed by atoms with van der Waals surface area (Å²) in [6.07, 6.45) is 0. The fourth-order valence-corrected chi connectivity index (χ4v) is 3.62. The molecule has 2 rings (SSSR count). The third kappa shape index (κ3) is 4.17. The maximum Gasteiger partial charge on any atom is 0.360 e. The second kappa shape index (κ2) is 7.23. The van der Waals surface area contributed by atoms with Crippen molar-refractivity contribution < 1.29 is 18.3 Å². The Morgan fingerprint density at radius 2 is 1.71 bits per heavy atom. The van der Waals surface area contributed by atoms with E-state index in [2.05, 4.69) is 15.9 Å². The van der Waals surface area contributed by atoms with Crippen LogP contribution in [0, 0.1) is 0 Å². The van der Waals surface area contributed by atoms with E-state index in [0.29, 0.717) is 17.7 Å². The molecule has 0 aliphatic heterocycles. The van der Waals surface area contributed by atoms with Crippen LogP contribution in [0.1, 0.15) is 5.56 Å². The van der Waals surface area contributed by atoms with Gasteiger partial charge >= 0.3 is 7.60 Å². The zero-order chi connectivity index (χ0) is 15.3. The Labute approximate surface area is 132 Å². The molecule has 0 atom stereocenters. The Morgan fingerprint density at radius 3 is 2.33 bits per heavy atom. The van der Waals surface area contributed by atoms with Crippen LogP contribution in [0.15, 0.2) is 53.0 Å². The van der Waals surface area contributed by atoms with Crippen LogP contribution < -0.4 is 10.0 Å². The first kappa shape index (κ1) is 16.2. The zero-order valence-electron chi connectivity index (χ0n) is 11.8. The van der Waals surface area contributed by atoms with Crippen molar-refractivity contribution in [3.05, 3.63) is 58.6 Å². The van der Waals surface area contributed by atoms with Crippen molar-refractivity contribution in [2.75, 3.05) is 14.2 Å². The molecule has 112 valence electrons. The molecule has 2 aromatic rings. The van der Waals surface area contributed by atoms with E-state index >= 15 is 0 Å². The minimum atomic E-state index is -3.29. The van der Waals surface area contributed by atoms with E-state index in [1.165, 1.54) is 14.2 Å². The third-order valence-electron chi connectivity index (χ3n) is 2.90. The summed E-state index contributed by atoms with van der Waals surface area (Å²) < 4.78 is 28.9. The molecule has 4 nitrogen and oxygen atoms in total. The van der Waals surface area contributed by atoms with Crippen LogP contribution in [0.25, 0.3) is 0 Å². The summed E-state index contributed by atoms with van der Waals surface area (Å²) in [6.45, 7) is 0.432. The van der Waals surface area contributed by atoms with Crippen LogP contribution in [0.2, 0.25) is 0 Å². The van der Waals surface area contributed by atoms with Gasteiger partial charge in [0.1, 0.15) is 12.4 Å². The molecule has 0 N–H and O–H groups in total. The predicted octanol–water partition coefficient (Wildman–Crippen LogP) is 4.14. The molecule has 0 aromatic heterocycles. The lowest BCUT2D eigenvalue weighted by atomic mass is 10.2. The molecular weight excluding hydrogens is 355 g/mol. The largest absolute Gasteiger partial charge is 0.489 e. The van der Waals surface area contributed by atoms with Crippen molar-refractivity contribution in [2.45, 2.75) is 6.61 Å². The highest BCUT2D eigenvalue weighted by Crippen LogP contribution is 2.46. The average Bonchev–Trinajstić information content (AvgIpc) is 2.52. The molecule has 0 radical (unpaired) electrons. The number of benzene rings is 2. The van der Waals surface area contributed by atoms with Crippen molar-refractivity contribution in [1.29, 1.82) is 0 Å². The Hall–Kier alpha value is -1.13. The quantitative estimate of drug-likeness (QED) is 0.716. The highest BCUT2D eigenvalue weighted by molar-refractivity contribution is 9.10. The first-order chi connectivity index (χ1) is 10.1. The third-order valence-corrected chi connectivity index (χ3v) is 5.21. The van der Waals surface area contributed by atoms with E-state index in [4.69, 9.17) is 13.8 Å². The van der Waals surface area contributed by atoms with E-state index in [1.54, 1.807) is 12.1 Å². The number of hydrogen-bond acceptors (Lipinski definition) is 4. The van der Waals surface area contributed by atoms with Crippen molar-refractivity contribution in [2.24, 2.45) is 0 Å². The topological polar surface area (TPSA) is 44.8 Å². The molecule has 2 aromatic carbocycles. The highest BCUT2D eigenvalue weighted by Gasteiger charge is 2.25. The summed E-state index contributed by atoms with van der Waals surface area (Å²) in [5.41, 5.74) is 1.06. The molecule has 0 aliphatic carbocycles. The van der Waals surface area contributed by atoms with E-state index in [1.807, 2.05) is 36.4 Å².